The molecule has 1 aliphatic carbocycles. The Labute approximate surface area is 451 Å². The van der Waals surface area contributed by atoms with Crippen LogP contribution in [-0.4, -0.2) is 0 Å². The Kier molecular flexibility index (Phi) is 11.3. The molecule has 0 heterocycles. The van der Waals surface area contributed by atoms with Crippen LogP contribution in [-0.2, 0) is 5.41 Å². The van der Waals surface area contributed by atoms with E-state index in [2.05, 4.69) is 305 Å². The first-order valence-electron chi connectivity index (χ1n) is 26.9. The molecule has 0 saturated carbocycles. The van der Waals surface area contributed by atoms with Crippen LogP contribution in [0.25, 0.3) is 133 Å². The first-order valence-corrected chi connectivity index (χ1v) is 26.9. The van der Waals surface area contributed by atoms with E-state index in [1.165, 1.54) is 144 Å². The highest BCUT2D eigenvalue weighted by atomic mass is 14.4. The van der Waals surface area contributed by atoms with E-state index in [-0.39, 0.29) is 5.41 Å². The minimum atomic E-state index is -0.217. The number of fused-ring (bicyclic) bond motifs is 5. The molecule has 0 nitrogen and oxygen atoms in total. The van der Waals surface area contributed by atoms with Crippen LogP contribution in [0.4, 0.5) is 0 Å². The Bertz CT molecular complexity index is 4240. The molecule has 14 rings (SSSR count). The van der Waals surface area contributed by atoms with Crippen molar-refractivity contribution in [3.05, 3.63) is 302 Å². The molecular formula is C77H54. The lowest BCUT2D eigenvalue weighted by Crippen LogP contribution is -2.15. The predicted octanol–water partition coefficient (Wildman–Crippen LogP) is 21.3. The maximum absolute atomic E-state index is 2.49. The molecule has 0 spiro atoms. The fourth-order valence-corrected chi connectivity index (χ4v) is 12.3. The van der Waals surface area contributed by atoms with Crippen molar-refractivity contribution in [2.24, 2.45) is 0 Å². The van der Waals surface area contributed by atoms with Gasteiger partial charge in [0.1, 0.15) is 0 Å². The SMILES string of the molecule is CC1(C)c2cc(-c3cccc(-c4ccccc4)c3)ccc2-c2ccc(-c3ccc4c(-c5cc(-c6ccccc6)cc(-c6ccccc6)c5)c5ccccc5c(-c5cc(-c6ccccc6)cc(-c6ccccc6)c5)c4c3)cc21. The molecule has 0 amide bonds. The number of hydrogen-bond acceptors (Lipinski definition) is 0. The number of hydrogen-bond donors (Lipinski definition) is 0. The molecule has 0 aliphatic heterocycles. The van der Waals surface area contributed by atoms with Crippen molar-refractivity contribution in [3.63, 3.8) is 0 Å². The number of benzene rings is 13. The highest BCUT2D eigenvalue weighted by Crippen LogP contribution is 2.52. The Balaban J connectivity index is 0.984. The first-order chi connectivity index (χ1) is 37.9. The van der Waals surface area contributed by atoms with Crippen molar-refractivity contribution in [3.8, 4) is 111 Å². The van der Waals surface area contributed by atoms with E-state index in [4.69, 9.17) is 0 Å². The van der Waals surface area contributed by atoms with Gasteiger partial charge in [-0.25, -0.2) is 0 Å². The van der Waals surface area contributed by atoms with Crippen molar-refractivity contribution in [1.82, 2.24) is 0 Å². The quantitative estimate of drug-likeness (QED) is 0.126. The van der Waals surface area contributed by atoms with Gasteiger partial charge in [0.25, 0.3) is 0 Å². The Morgan fingerprint density at radius 3 is 0.870 bits per heavy atom. The molecule has 0 heteroatoms. The van der Waals surface area contributed by atoms with Crippen LogP contribution in [0, 0.1) is 0 Å². The molecule has 77 heavy (non-hydrogen) atoms. The Morgan fingerprint density at radius 2 is 0.455 bits per heavy atom. The van der Waals surface area contributed by atoms with Gasteiger partial charge in [0, 0.05) is 5.41 Å². The summed E-state index contributed by atoms with van der Waals surface area (Å²) in [5.74, 6) is 0. The minimum absolute atomic E-state index is 0.217. The average molecular weight is 979 g/mol. The van der Waals surface area contributed by atoms with Crippen LogP contribution in [0.5, 0.6) is 0 Å². The summed E-state index contributed by atoms with van der Waals surface area (Å²) in [6.45, 7) is 4.81. The van der Waals surface area contributed by atoms with Crippen LogP contribution < -0.4 is 0 Å². The lowest BCUT2D eigenvalue weighted by Gasteiger charge is -2.23. The third kappa shape index (κ3) is 8.27. The van der Waals surface area contributed by atoms with E-state index in [0.29, 0.717) is 0 Å². The third-order valence-corrected chi connectivity index (χ3v) is 16.2. The molecule has 362 valence electrons. The standard InChI is InChI=1S/C77H54/c1-77(2)73-49-59(57-32-20-31-56(41-57)51-21-8-3-9-22-51)35-38-67(73)68-39-36-60(50-74(68)77)58-37-40-71-72(48-58)76(66-46-63(54-27-14-6-15-28-54)43-64(47-66)55-29-16-7-17-30-55)70-34-19-18-33-69(70)75(71)65-44-61(52-23-10-4-11-24-52)42-62(45-65)53-25-12-5-13-26-53/h3-50H,1-2H3. The Morgan fingerprint density at radius 1 is 0.182 bits per heavy atom. The van der Waals surface area contributed by atoms with E-state index in [1.54, 1.807) is 0 Å². The second-order valence-corrected chi connectivity index (χ2v) is 21.2. The normalized spacial score (nSPS) is 12.4. The zero-order chi connectivity index (χ0) is 51.5. The zero-order valence-electron chi connectivity index (χ0n) is 43.2. The third-order valence-electron chi connectivity index (χ3n) is 16.2. The highest BCUT2D eigenvalue weighted by Gasteiger charge is 2.36. The van der Waals surface area contributed by atoms with Gasteiger partial charge >= 0.3 is 0 Å². The Hall–Kier alpha value is -9.62. The van der Waals surface area contributed by atoms with Gasteiger partial charge in [0.15, 0.2) is 0 Å². The lowest BCUT2D eigenvalue weighted by atomic mass is 9.80. The predicted molar refractivity (Wildman–Crippen MR) is 328 cm³/mol. The first kappa shape index (κ1) is 46.0. The lowest BCUT2D eigenvalue weighted by molar-refractivity contribution is 0.661. The van der Waals surface area contributed by atoms with E-state index >= 15 is 0 Å². The van der Waals surface area contributed by atoms with Gasteiger partial charge in [-0.1, -0.05) is 244 Å². The van der Waals surface area contributed by atoms with Gasteiger partial charge in [-0.15, -0.1) is 0 Å². The van der Waals surface area contributed by atoms with Gasteiger partial charge < -0.3 is 0 Å². The molecule has 0 fully saturated rings. The highest BCUT2D eigenvalue weighted by molar-refractivity contribution is 6.22. The second kappa shape index (κ2) is 18.9. The summed E-state index contributed by atoms with van der Waals surface area (Å²) in [5, 5.41) is 4.88. The van der Waals surface area contributed by atoms with Gasteiger partial charge in [0.05, 0.1) is 0 Å². The average Bonchev–Trinajstić information content (AvgIpc) is 3.87. The van der Waals surface area contributed by atoms with Crippen LogP contribution >= 0.6 is 0 Å². The molecule has 0 atom stereocenters. The monoisotopic (exact) mass is 978 g/mol. The van der Waals surface area contributed by atoms with Gasteiger partial charge in [-0.2, -0.15) is 0 Å². The smallest absolute Gasteiger partial charge is 0.0159 e. The molecule has 0 unspecified atom stereocenters. The van der Waals surface area contributed by atoms with Crippen molar-refractivity contribution in [1.29, 1.82) is 0 Å². The van der Waals surface area contributed by atoms with E-state index < -0.39 is 0 Å². The molecule has 0 N–H and O–H groups in total. The summed E-state index contributed by atoms with van der Waals surface area (Å²) in [7, 11) is 0. The van der Waals surface area contributed by atoms with E-state index in [1.807, 2.05) is 0 Å². The summed E-state index contributed by atoms with van der Waals surface area (Å²) in [4.78, 5) is 0. The zero-order valence-corrected chi connectivity index (χ0v) is 43.2. The molecule has 0 saturated heterocycles. The summed E-state index contributed by atoms with van der Waals surface area (Å²) in [6.07, 6.45) is 0. The topological polar surface area (TPSA) is 0 Å². The summed E-state index contributed by atoms with van der Waals surface area (Å²) >= 11 is 0. The molecule has 0 radical (unpaired) electrons. The van der Waals surface area contributed by atoms with Crippen molar-refractivity contribution >= 4 is 21.5 Å². The maximum Gasteiger partial charge on any atom is 0.0159 e. The van der Waals surface area contributed by atoms with E-state index in [9.17, 15) is 0 Å². The number of rotatable bonds is 9. The van der Waals surface area contributed by atoms with Gasteiger partial charge in [-0.05, 0) is 205 Å². The van der Waals surface area contributed by atoms with Gasteiger partial charge in [-0.3, -0.25) is 0 Å². The maximum atomic E-state index is 2.49. The fourth-order valence-electron chi connectivity index (χ4n) is 12.3. The van der Waals surface area contributed by atoms with Crippen molar-refractivity contribution in [2.75, 3.05) is 0 Å². The largest absolute Gasteiger partial charge is 0.0622 e. The molecular weight excluding hydrogens is 925 g/mol. The molecule has 13 aromatic rings. The van der Waals surface area contributed by atoms with Crippen molar-refractivity contribution in [2.45, 2.75) is 19.3 Å². The van der Waals surface area contributed by atoms with Crippen LogP contribution in [0.3, 0.4) is 0 Å². The summed E-state index contributed by atoms with van der Waals surface area (Å²) < 4.78 is 0. The fraction of sp³-hybridized carbons (Fsp3) is 0.0390. The molecule has 0 bridgehead atoms. The minimum Gasteiger partial charge on any atom is -0.0622 e. The van der Waals surface area contributed by atoms with Gasteiger partial charge in [0.2, 0.25) is 0 Å². The molecule has 1 aliphatic rings. The summed E-state index contributed by atoms with van der Waals surface area (Å²) in [5.41, 5.74) is 26.9. The summed E-state index contributed by atoms with van der Waals surface area (Å²) in [6, 6.07) is 108. The second-order valence-electron chi connectivity index (χ2n) is 21.2. The van der Waals surface area contributed by atoms with E-state index in [0.717, 1.165) is 0 Å². The van der Waals surface area contributed by atoms with Crippen molar-refractivity contribution < 1.29 is 0 Å². The molecule has 0 aromatic heterocycles. The van der Waals surface area contributed by atoms with Crippen LogP contribution in [0.2, 0.25) is 0 Å². The molecule has 13 aromatic carbocycles. The van der Waals surface area contributed by atoms with Crippen LogP contribution in [0.15, 0.2) is 291 Å². The van der Waals surface area contributed by atoms with Crippen LogP contribution in [0.1, 0.15) is 25.0 Å².